The minimum absolute atomic E-state index is 0.163. The highest BCUT2D eigenvalue weighted by molar-refractivity contribution is 5.76. The lowest BCUT2D eigenvalue weighted by Crippen LogP contribution is -2.38. The SMILES string of the molecule is CCCOCCC(O)COC(=O)C(C)(CO)CO. The van der Waals surface area contributed by atoms with Crippen LogP contribution in [0.1, 0.15) is 26.7 Å². The molecule has 108 valence electrons. The molecule has 0 aromatic heterocycles. The first-order valence-electron chi connectivity index (χ1n) is 6.15. The number of carbonyl (C=O) groups is 1. The van der Waals surface area contributed by atoms with Crippen LogP contribution in [-0.4, -0.2) is 60.4 Å². The van der Waals surface area contributed by atoms with Crippen molar-refractivity contribution in [3.05, 3.63) is 0 Å². The van der Waals surface area contributed by atoms with Crippen molar-refractivity contribution in [2.24, 2.45) is 5.41 Å². The second-order valence-electron chi connectivity index (χ2n) is 4.53. The molecule has 1 atom stereocenters. The number of hydrogen-bond donors (Lipinski definition) is 3. The standard InChI is InChI=1S/C12H24O6/c1-3-5-17-6-4-10(15)7-18-11(16)12(2,8-13)9-14/h10,13-15H,3-9H2,1-2H3. The summed E-state index contributed by atoms with van der Waals surface area (Å²) < 4.78 is 10.0. The van der Waals surface area contributed by atoms with E-state index in [2.05, 4.69) is 0 Å². The van der Waals surface area contributed by atoms with Gasteiger partial charge in [0.25, 0.3) is 0 Å². The Labute approximate surface area is 108 Å². The molecule has 0 bridgehead atoms. The number of esters is 1. The first-order valence-corrected chi connectivity index (χ1v) is 6.15. The summed E-state index contributed by atoms with van der Waals surface area (Å²) in [5.41, 5.74) is -1.32. The van der Waals surface area contributed by atoms with Gasteiger partial charge in [0.2, 0.25) is 0 Å². The highest BCUT2D eigenvalue weighted by Gasteiger charge is 2.33. The third kappa shape index (κ3) is 6.30. The quantitative estimate of drug-likeness (QED) is 0.370. The fourth-order valence-corrected chi connectivity index (χ4v) is 1.07. The van der Waals surface area contributed by atoms with Gasteiger partial charge in [-0.05, 0) is 19.8 Å². The van der Waals surface area contributed by atoms with E-state index >= 15 is 0 Å². The monoisotopic (exact) mass is 264 g/mol. The van der Waals surface area contributed by atoms with Crippen LogP contribution in [0.4, 0.5) is 0 Å². The zero-order valence-corrected chi connectivity index (χ0v) is 11.1. The first kappa shape index (κ1) is 17.3. The summed E-state index contributed by atoms with van der Waals surface area (Å²) >= 11 is 0. The van der Waals surface area contributed by atoms with Crippen molar-refractivity contribution in [3.8, 4) is 0 Å². The van der Waals surface area contributed by atoms with Crippen LogP contribution in [0.3, 0.4) is 0 Å². The Balaban J connectivity index is 3.84. The predicted molar refractivity (Wildman–Crippen MR) is 65.0 cm³/mol. The summed E-state index contributed by atoms with van der Waals surface area (Å²) in [5.74, 6) is -0.721. The average Bonchev–Trinajstić information content (AvgIpc) is 2.39. The molecule has 1 unspecified atom stereocenters. The Morgan fingerprint density at radius 1 is 1.28 bits per heavy atom. The van der Waals surface area contributed by atoms with E-state index in [4.69, 9.17) is 19.7 Å². The minimum atomic E-state index is -1.32. The van der Waals surface area contributed by atoms with E-state index in [-0.39, 0.29) is 6.61 Å². The molecular weight excluding hydrogens is 240 g/mol. The van der Waals surface area contributed by atoms with Gasteiger partial charge in [-0.1, -0.05) is 6.92 Å². The average molecular weight is 264 g/mol. The molecular formula is C12H24O6. The number of rotatable bonds is 10. The first-order chi connectivity index (χ1) is 8.50. The van der Waals surface area contributed by atoms with Crippen molar-refractivity contribution >= 4 is 5.97 Å². The molecule has 0 spiro atoms. The highest BCUT2D eigenvalue weighted by Crippen LogP contribution is 2.16. The van der Waals surface area contributed by atoms with Crippen LogP contribution < -0.4 is 0 Å². The van der Waals surface area contributed by atoms with Gasteiger partial charge >= 0.3 is 5.97 Å². The minimum Gasteiger partial charge on any atom is -0.462 e. The van der Waals surface area contributed by atoms with Gasteiger partial charge in [0.15, 0.2) is 0 Å². The molecule has 0 radical (unpaired) electrons. The molecule has 0 aliphatic heterocycles. The zero-order chi connectivity index (χ0) is 14.0. The maximum Gasteiger partial charge on any atom is 0.316 e. The fraction of sp³-hybridized carbons (Fsp3) is 0.917. The summed E-state index contributed by atoms with van der Waals surface area (Å²) in [4.78, 5) is 11.5. The van der Waals surface area contributed by atoms with Crippen molar-refractivity contribution in [1.29, 1.82) is 0 Å². The van der Waals surface area contributed by atoms with E-state index in [0.29, 0.717) is 19.6 Å². The molecule has 6 nitrogen and oxygen atoms in total. The van der Waals surface area contributed by atoms with Crippen LogP contribution in [0, 0.1) is 5.41 Å². The third-order valence-corrected chi connectivity index (χ3v) is 2.54. The number of hydrogen-bond acceptors (Lipinski definition) is 6. The van der Waals surface area contributed by atoms with E-state index in [1.807, 2.05) is 6.92 Å². The van der Waals surface area contributed by atoms with Gasteiger partial charge in [0.1, 0.15) is 12.0 Å². The maximum absolute atomic E-state index is 11.5. The molecule has 0 saturated carbocycles. The Kier molecular flexibility index (Phi) is 8.91. The lowest BCUT2D eigenvalue weighted by molar-refractivity contribution is -0.163. The van der Waals surface area contributed by atoms with Crippen LogP contribution in [-0.2, 0) is 14.3 Å². The van der Waals surface area contributed by atoms with Gasteiger partial charge in [-0.3, -0.25) is 4.79 Å². The smallest absolute Gasteiger partial charge is 0.316 e. The Hall–Kier alpha value is -0.690. The second kappa shape index (κ2) is 9.27. The van der Waals surface area contributed by atoms with E-state index < -0.39 is 30.7 Å². The highest BCUT2D eigenvalue weighted by atomic mass is 16.5. The molecule has 6 heteroatoms. The summed E-state index contributed by atoms with van der Waals surface area (Å²) in [5, 5.41) is 27.5. The topological polar surface area (TPSA) is 96.2 Å². The van der Waals surface area contributed by atoms with Gasteiger partial charge < -0.3 is 24.8 Å². The Morgan fingerprint density at radius 2 is 1.89 bits per heavy atom. The van der Waals surface area contributed by atoms with E-state index in [1.54, 1.807) is 0 Å². The Morgan fingerprint density at radius 3 is 2.39 bits per heavy atom. The molecule has 0 aromatic rings. The predicted octanol–water partition coefficient (Wildman–Crippen LogP) is -0.302. The van der Waals surface area contributed by atoms with Gasteiger partial charge in [0, 0.05) is 13.2 Å². The van der Waals surface area contributed by atoms with E-state index in [0.717, 1.165) is 6.42 Å². The number of ether oxygens (including phenoxy) is 2. The molecule has 0 aromatic carbocycles. The maximum atomic E-state index is 11.5. The van der Waals surface area contributed by atoms with Crippen molar-refractivity contribution in [2.75, 3.05) is 33.0 Å². The largest absolute Gasteiger partial charge is 0.462 e. The third-order valence-electron chi connectivity index (χ3n) is 2.54. The lowest BCUT2D eigenvalue weighted by atomic mass is 9.93. The molecule has 0 rings (SSSR count). The number of aliphatic hydroxyl groups is 3. The number of aliphatic hydroxyl groups excluding tert-OH is 3. The molecule has 0 aliphatic carbocycles. The summed E-state index contributed by atoms with van der Waals surface area (Å²) in [7, 11) is 0. The molecule has 0 heterocycles. The van der Waals surface area contributed by atoms with E-state index in [1.165, 1.54) is 6.92 Å². The van der Waals surface area contributed by atoms with Crippen molar-refractivity contribution in [3.63, 3.8) is 0 Å². The zero-order valence-electron chi connectivity index (χ0n) is 11.1. The second-order valence-corrected chi connectivity index (χ2v) is 4.53. The molecule has 0 amide bonds. The van der Waals surface area contributed by atoms with Crippen molar-refractivity contribution < 1.29 is 29.6 Å². The summed E-state index contributed by atoms with van der Waals surface area (Å²) in [6, 6.07) is 0. The number of carbonyl (C=O) groups excluding carboxylic acids is 1. The van der Waals surface area contributed by atoms with Crippen LogP contribution in [0.2, 0.25) is 0 Å². The van der Waals surface area contributed by atoms with Crippen LogP contribution in [0.15, 0.2) is 0 Å². The molecule has 18 heavy (non-hydrogen) atoms. The van der Waals surface area contributed by atoms with Crippen LogP contribution in [0.25, 0.3) is 0 Å². The van der Waals surface area contributed by atoms with E-state index in [9.17, 15) is 9.90 Å². The molecule has 0 aliphatic rings. The molecule has 0 saturated heterocycles. The lowest BCUT2D eigenvalue weighted by Gasteiger charge is -2.23. The normalized spacial score (nSPS) is 13.4. The summed E-state index contributed by atoms with van der Waals surface area (Å²) in [6.45, 7) is 3.26. The van der Waals surface area contributed by atoms with Crippen molar-refractivity contribution in [1.82, 2.24) is 0 Å². The molecule has 3 N–H and O–H groups in total. The van der Waals surface area contributed by atoms with Crippen LogP contribution in [0.5, 0.6) is 0 Å². The summed E-state index contributed by atoms with van der Waals surface area (Å²) in [6.07, 6.45) is 0.492. The van der Waals surface area contributed by atoms with Crippen molar-refractivity contribution in [2.45, 2.75) is 32.8 Å². The van der Waals surface area contributed by atoms with Gasteiger partial charge in [-0.15, -0.1) is 0 Å². The van der Waals surface area contributed by atoms with Gasteiger partial charge in [-0.2, -0.15) is 0 Å². The Bertz CT molecular complexity index is 227. The van der Waals surface area contributed by atoms with Crippen LogP contribution >= 0.6 is 0 Å². The van der Waals surface area contributed by atoms with Gasteiger partial charge in [-0.25, -0.2) is 0 Å². The fourth-order valence-electron chi connectivity index (χ4n) is 1.07. The van der Waals surface area contributed by atoms with Gasteiger partial charge in [0.05, 0.1) is 19.3 Å². The molecule has 0 fully saturated rings.